The van der Waals surface area contributed by atoms with Gasteiger partial charge in [-0.2, -0.15) is 0 Å². The molecule has 0 aliphatic carbocycles. The molecule has 2 aromatic carbocycles. The number of carbonyl (C=O) groups excluding carboxylic acids is 3. The van der Waals surface area contributed by atoms with E-state index >= 15 is 0 Å². The van der Waals surface area contributed by atoms with Crippen molar-refractivity contribution in [2.45, 2.75) is 76.2 Å². The van der Waals surface area contributed by atoms with E-state index in [0.29, 0.717) is 42.2 Å². The molecule has 2 saturated heterocycles. The lowest BCUT2D eigenvalue weighted by molar-refractivity contribution is -0.137. The largest absolute Gasteiger partial charge is 0.504 e. The lowest BCUT2D eigenvalue weighted by Crippen LogP contribution is -2.55. The van der Waals surface area contributed by atoms with Gasteiger partial charge < -0.3 is 28.6 Å². The average molecular weight is 677 g/mol. The Bertz CT molecular complexity index is 1510. The number of esters is 2. The van der Waals surface area contributed by atoms with Crippen molar-refractivity contribution in [1.82, 2.24) is 4.90 Å². The molecule has 5 rings (SSSR count). The number of benzene rings is 2. The summed E-state index contributed by atoms with van der Waals surface area (Å²) >= 11 is 0. The molecule has 1 amide bonds. The van der Waals surface area contributed by atoms with E-state index in [1.807, 2.05) is 17.0 Å². The van der Waals surface area contributed by atoms with Crippen molar-refractivity contribution in [3.8, 4) is 11.5 Å². The van der Waals surface area contributed by atoms with Crippen molar-refractivity contribution in [3.63, 3.8) is 0 Å². The SMILES string of the molecule is CC[C@H]1CN2CC[C@]3(C(=O)N(CCCCCCCCOC(=O)c4ccc(OC)c(OC)c4)c4ccccc43)C2C[C@@H]1/C(=C\OC)C(=O)OC. The highest BCUT2D eigenvalue weighted by Gasteiger charge is 2.62. The molecule has 10 nitrogen and oxygen atoms in total. The summed E-state index contributed by atoms with van der Waals surface area (Å²) in [6, 6.07) is 13.3. The summed E-state index contributed by atoms with van der Waals surface area (Å²) in [5.74, 6) is 0.758. The summed E-state index contributed by atoms with van der Waals surface area (Å²) in [6.45, 7) is 4.93. The van der Waals surface area contributed by atoms with Gasteiger partial charge in [-0.1, -0.05) is 57.2 Å². The van der Waals surface area contributed by atoms with Crippen molar-refractivity contribution >= 4 is 23.5 Å². The van der Waals surface area contributed by atoms with E-state index in [1.54, 1.807) is 38.7 Å². The van der Waals surface area contributed by atoms with Crippen LogP contribution in [0.4, 0.5) is 5.69 Å². The fourth-order valence-electron chi connectivity index (χ4n) is 8.34. The summed E-state index contributed by atoms with van der Waals surface area (Å²) in [5, 5.41) is 0. The zero-order chi connectivity index (χ0) is 35.0. The van der Waals surface area contributed by atoms with Crippen LogP contribution in [0.2, 0.25) is 0 Å². The first-order valence-corrected chi connectivity index (χ1v) is 17.7. The van der Waals surface area contributed by atoms with Gasteiger partial charge in [0, 0.05) is 24.8 Å². The zero-order valence-electron chi connectivity index (χ0n) is 29.7. The second-order valence-electron chi connectivity index (χ2n) is 13.3. The molecule has 2 fully saturated rings. The van der Waals surface area contributed by atoms with Gasteiger partial charge in [0.15, 0.2) is 11.5 Å². The number of fused-ring (bicyclic) bond motifs is 4. The van der Waals surface area contributed by atoms with Gasteiger partial charge in [-0.05, 0) is 73.9 Å². The number of ether oxygens (including phenoxy) is 5. The van der Waals surface area contributed by atoms with Crippen molar-refractivity contribution in [1.29, 1.82) is 0 Å². The Morgan fingerprint density at radius 1 is 0.939 bits per heavy atom. The van der Waals surface area contributed by atoms with Crippen LogP contribution in [0.5, 0.6) is 11.5 Å². The minimum absolute atomic E-state index is 0.00436. The Morgan fingerprint density at radius 3 is 2.39 bits per heavy atom. The maximum atomic E-state index is 14.6. The monoisotopic (exact) mass is 676 g/mol. The third kappa shape index (κ3) is 7.30. The van der Waals surface area contributed by atoms with Crippen LogP contribution in [0.15, 0.2) is 54.3 Å². The first-order valence-electron chi connectivity index (χ1n) is 17.7. The summed E-state index contributed by atoms with van der Waals surface area (Å²) < 4.78 is 26.5. The quantitative estimate of drug-likeness (QED) is 0.0876. The number of unbranched alkanes of at least 4 members (excludes halogenated alkanes) is 5. The molecule has 1 spiro atoms. The van der Waals surface area contributed by atoms with E-state index in [2.05, 4.69) is 24.0 Å². The van der Waals surface area contributed by atoms with Crippen LogP contribution in [-0.2, 0) is 29.2 Å². The number of piperidine rings is 1. The van der Waals surface area contributed by atoms with Gasteiger partial charge in [0.1, 0.15) is 0 Å². The zero-order valence-corrected chi connectivity index (χ0v) is 29.7. The van der Waals surface area contributed by atoms with E-state index < -0.39 is 5.41 Å². The number of methoxy groups -OCH3 is 4. The van der Waals surface area contributed by atoms with Gasteiger partial charge in [0.2, 0.25) is 5.91 Å². The van der Waals surface area contributed by atoms with Gasteiger partial charge in [0.25, 0.3) is 0 Å². The van der Waals surface area contributed by atoms with Gasteiger partial charge in [-0.3, -0.25) is 9.69 Å². The molecule has 1 unspecified atom stereocenters. The first-order chi connectivity index (χ1) is 23.8. The lowest BCUT2D eigenvalue weighted by Gasteiger charge is -2.45. The predicted molar refractivity (Wildman–Crippen MR) is 187 cm³/mol. The van der Waals surface area contributed by atoms with Crippen LogP contribution in [0, 0.1) is 11.8 Å². The van der Waals surface area contributed by atoms with Crippen LogP contribution < -0.4 is 14.4 Å². The van der Waals surface area contributed by atoms with E-state index in [4.69, 9.17) is 23.7 Å². The number of carbonyl (C=O) groups is 3. The maximum Gasteiger partial charge on any atom is 0.338 e. The Hall–Kier alpha value is -4.05. The molecule has 49 heavy (non-hydrogen) atoms. The fraction of sp³-hybridized carbons (Fsp3) is 0.564. The maximum absolute atomic E-state index is 14.6. The standard InChI is InChI=1S/C39H52N2O8/c1-6-27-25-40-21-19-39(35(40)24-29(27)30(26-45-2)37(43)48-5)31-15-11-12-16-32(31)41(38(39)44)20-13-9-7-8-10-14-22-49-36(42)28-17-18-33(46-3)34(23-28)47-4/h11-12,15-18,23,26-27,29,35H,6-10,13-14,19-22,24-25H2,1-5H3/b30-26+/t27-,29-,35?,39+/m0/s1. The highest BCUT2D eigenvalue weighted by Crippen LogP contribution is 2.55. The number of amides is 1. The molecule has 4 atom stereocenters. The number of anilines is 1. The average Bonchev–Trinajstić information content (AvgIpc) is 3.62. The molecule has 2 aromatic rings. The molecule has 0 radical (unpaired) electrons. The summed E-state index contributed by atoms with van der Waals surface area (Å²) in [7, 11) is 6.06. The topological polar surface area (TPSA) is 104 Å². The third-order valence-electron chi connectivity index (χ3n) is 10.8. The van der Waals surface area contributed by atoms with Gasteiger partial charge in [0.05, 0.1) is 57.9 Å². The van der Waals surface area contributed by atoms with Crippen molar-refractivity contribution in [2.75, 3.05) is 59.6 Å². The van der Waals surface area contributed by atoms with Crippen molar-refractivity contribution < 1.29 is 38.1 Å². The summed E-state index contributed by atoms with van der Waals surface area (Å²) in [6.07, 6.45) is 9.76. The van der Waals surface area contributed by atoms with Gasteiger partial charge >= 0.3 is 11.9 Å². The Morgan fingerprint density at radius 2 is 1.67 bits per heavy atom. The van der Waals surface area contributed by atoms with Gasteiger partial charge in [-0.15, -0.1) is 0 Å². The predicted octanol–water partition coefficient (Wildman–Crippen LogP) is 6.31. The smallest absolute Gasteiger partial charge is 0.338 e. The fourth-order valence-corrected chi connectivity index (χ4v) is 8.34. The molecule has 0 aromatic heterocycles. The van der Waals surface area contributed by atoms with Crippen LogP contribution >= 0.6 is 0 Å². The van der Waals surface area contributed by atoms with Crippen LogP contribution in [0.25, 0.3) is 0 Å². The van der Waals surface area contributed by atoms with Crippen LogP contribution in [0.1, 0.15) is 80.6 Å². The minimum atomic E-state index is -0.615. The molecular formula is C39H52N2O8. The van der Waals surface area contributed by atoms with Gasteiger partial charge in [-0.25, -0.2) is 9.59 Å². The normalized spacial score (nSPS) is 23.3. The highest BCUT2D eigenvalue weighted by atomic mass is 16.5. The molecule has 3 aliphatic rings. The molecule has 0 N–H and O–H groups in total. The van der Waals surface area contributed by atoms with E-state index in [9.17, 15) is 14.4 Å². The number of para-hydroxylation sites is 1. The minimum Gasteiger partial charge on any atom is -0.504 e. The number of hydrogen-bond acceptors (Lipinski definition) is 9. The Labute approximate surface area is 290 Å². The molecule has 0 bridgehead atoms. The molecule has 266 valence electrons. The summed E-state index contributed by atoms with van der Waals surface area (Å²) in [4.78, 5) is 44.4. The van der Waals surface area contributed by atoms with Crippen LogP contribution in [0.3, 0.4) is 0 Å². The number of rotatable bonds is 16. The Balaban J connectivity index is 1.13. The highest BCUT2D eigenvalue weighted by molar-refractivity contribution is 6.09. The second kappa shape index (κ2) is 16.6. The van der Waals surface area contributed by atoms with E-state index in [-0.39, 0.29) is 35.7 Å². The number of nitrogens with zero attached hydrogens (tertiary/aromatic N) is 2. The molecule has 0 saturated carbocycles. The molecular weight excluding hydrogens is 624 g/mol. The Kier molecular flexibility index (Phi) is 12.3. The molecule has 3 aliphatic heterocycles. The summed E-state index contributed by atoms with van der Waals surface area (Å²) in [5.41, 5.74) is 2.53. The van der Waals surface area contributed by atoms with Crippen molar-refractivity contribution in [2.24, 2.45) is 11.8 Å². The van der Waals surface area contributed by atoms with Crippen molar-refractivity contribution in [3.05, 3.63) is 65.4 Å². The second-order valence-corrected chi connectivity index (χ2v) is 13.3. The molecule has 3 heterocycles. The first kappa shape index (κ1) is 36.2. The van der Waals surface area contributed by atoms with E-state index in [1.165, 1.54) is 14.2 Å². The van der Waals surface area contributed by atoms with Crippen LogP contribution in [-0.4, -0.2) is 83.5 Å². The third-order valence-corrected chi connectivity index (χ3v) is 10.8. The molecule has 10 heteroatoms. The van der Waals surface area contributed by atoms with E-state index in [0.717, 1.165) is 75.7 Å². The lowest BCUT2D eigenvalue weighted by atomic mass is 9.67. The number of hydrogen-bond donors (Lipinski definition) is 0.